The summed E-state index contributed by atoms with van der Waals surface area (Å²) in [5.41, 5.74) is 2.50. The number of nitrogens with zero attached hydrogens (tertiary/aromatic N) is 2. The molecule has 36 heavy (non-hydrogen) atoms. The van der Waals surface area contributed by atoms with Gasteiger partial charge in [-0.2, -0.15) is 0 Å². The molecule has 184 valence electrons. The first kappa shape index (κ1) is 25.8. The van der Waals surface area contributed by atoms with E-state index in [1.807, 2.05) is 31.2 Å². The molecule has 0 bridgehead atoms. The number of esters is 1. The molecule has 0 saturated carbocycles. The summed E-state index contributed by atoms with van der Waals surface area (Å²) in [6, 6.07) is 16.1. The summed E-state index contributed by atoms with van der Waals surface area (Å²) in [4.78, 5) is 27.5. The first-order valence-corrected chi connectivity index (χ1v) is 12.7. The molecule has 1 aliphatic heterocycles. The number of aryl methyl sites for hydroxylation is 1. The zero-order valence-electron chi connectivity index (χ0n) is 19.3. The van der Waals surface area contributed by atoms with Crippen LogP contribution in [-0.2, 0) is 16.1 Å². The number of ether oxygens (including phenoxy) is 3. The minimum atomic E-state index is -0.652. The van der Waals surface area contributed by atoms with Crippen LogP contribution in [0.2, 0.25) is 0 Å². The summed E-state index contributed by atoms with van der Waals surface area (Å²) in [6.45, 7) is 4.28. The van der Waals surface area contributed by atoms with Gasteiger partial charge in [0.2, 0.25) is 5.90 Å². The van der Waals surface area contributed by atoms with Gasteiger partial charge in [0.15, 0.2) is 17.2 Å². The third kappa shape index (κ3) is 5.93. The maximum Gasteiger partial charge on any atom is 0.363 e. The van der Waals surface area contributed by atoms with E-state index < -0.39 is 10.9 Å². The summed E-state index contributed by atoms with van der Waals surface area (Å²) in [6.07, 6.45) is 1.56. The van der Waals surface area contributed by atoms with Crippen molar-refractivity contribution in [3.05, 3.63) is 101 Å². The maximum absolute atomic E-state index is 12.5. The minimum Gasteiger partial charge on any atom is -0.490 e. The molecule has 1 aliphatic rings. The van der Waals surface area contributed by atoms with Crippen LogP contribution in [-0.4, -0.2) is 23.4 Å². The predicted octanol–water partition coefficient (Wildman–Crippen LogP) is 6.59. The molecule has 0 radical (unpaired) electrons. The van der Waals surface area contributed by atoms with Gasteiger partial charge in [-0.15, -0.1) is 0 Å². The number of halogens is 2. The van der Waals surface area contributed by atoms with Gasteiger partial charge in [-0.3, -0.25) is 10.1 Å². The van der Waals surface area contributed by atoms with Gasteiger partial charge < -0.3 is 14.2 Å². The summed E-state index contributed by atoms with van der Waals surface area (Å²) < 4.78 is 18.9. The van der Waals surface area contributed by atoms with Gasteiger partial charge >= 0.3 is 5.97 Å². The Morgan fingerprint density at radius 1 is 1.17 bits per heavy atom. The van der Waals surface area contributed by atoms with Gasteiger partial charge in [-0.1, -0.05) is 18.2 Å². The number of aliphatic imine (C=N–C) groups is 1. The Morgan fingerprint density at radius 2 is 1.97 bits per heavy atom. The Kier molecular flexibility index (Phi) is 8.04. The van der Waals surface area contributed by atoms with Crippen molar-refractivity contribution in [1.82, 2.24) is 0 Å². The number of carbonyl (C=O) groups is 1. The highest BCUT2D eigenvalue weighted by molar-refractivity contribution is 14.1. The molecule has 3 aromatic rings. The number of nitro groups is 1. The molecule has 0 unspecified atom stereocenters. The van der Waals surface area contributed by atoms with Crippen LogP contribution >= 0.6 is 38.5 Å². The fourth-order valence-electron chi connectivity index (χ4n) is 3.49. The standard InChI is InChI=1S/C26H20BrIN2O6/c1-3-34-23-12-17(10-20(27)24(23)35-14-16-5-4-6-19(28)9-16)11-21-26(31)36-25(29-21)18-8-7-15(2)22(13-18)30(32)33/h4-13H,3,14H2,1-2H3/b21-11-. The maximum atomic E-state index is 12.5. The second-order valence-corrected chi connectivity index (χ2v) is 9.88. The highest BCUT2D eigenvalue weighted by Gasteiger charge is 2.26. The van der Waals surface area contributed by atoms with E-state index in [-0.39, 0.29) is 17.3 Å². The molecule has 0 fully saturated rings. The number of hydrogen-bond acceptors (Lipinski definition) is 7. The third-order valence-electron chi connectivity index (χ3n) is 5.18. The molecule has 0 amide bonds. The van der Waals surface area contributed by atoms with E-state index >= 15 is 0 Å². The molecule has 3 aromatic carbocycles. The van der Waals surface area contributed by atoms with Gasteiger partial charge in [0, 0.05) is 20.8 Å². The Bertz CT molecular complexity index is 1420. The summed E-state index contributed by atoms with van der Waals surface area (Å²) in [5, 5.41) is 11.3. The van der Waals surface area contributed by atoms with Crippen LogP contribution in [0.5, 0.6) is 11.5 Å². The Balaban J connectivity index is 1.63. The molecule has 10 heteroatoms. The summed E-state index contributed by atoms with van der Waals surface area (Å²) >= 11 is 5.80. The Hall–Kier alpha value is -3.25. The normalized spacial score (nSPS) is 13.9. The van der Waals surface area contributed by atoms with Crippen molar-refractivity contribution in [3.63, 3.8) is 0 Å². The average Bonchev–Trinajstić information content (AvgIpc) is 3.19. The second-order valence-electron chi connectivity index (χ2n) is 7.78. The summed E-state index contributed by atoms with van der Waals surface area (Å²) in [7, 11) is 0. The van der Waals surface area contributed by atoms with E-state index in [1.165, 1.54) is 6.07 Å². The number of cyclic esters (lactones) is 1. The highest BCUT2D eigenvalue weighted by Crippen LogP contribution is 2.38. The smallest absolute Gasteiger partial charge is 0.363 e. The Labute approximate surface area is 229 Å². The number of nitro benzene ring substituents is 1. The molecule has 0 saturated heterocycles. The van der Waals surface area contributed by atoms with Crippen LogP contribution in [0.15, 0.2) is 69.8 Å². The summed E-state index contributed by atoms with van der Waals surface area (Å²) in [5.74, 6) is 0.411. The SMILES string of the molecule is CCOc1cc(/C=C2\N=C(c3ccc(C)c([N+](=O)[O-])c3)OC2=O)cc(Br)c1OCc1cccc(I)c1. The van der Waals surface area contributed by atoms with Crippen LogP contribution < -0.4 is 9.47 Å². The van der Waals surface area contributed by atoms with Crippen molar-refractivity contribution in [2.45, 2.75) is 20.5 Å². The largest absolute Gasteiger partial charge is 0.490 e. The van der Waals surface area contributed by atoms with Crippen LogP contribution in [0.4, 0.5) is 5.69 Å². The van der Waals surface area contributed by atoms with Crippen LogP contribution in [0.25, 0.3) is 6.08 Å². The van der Waals surface area contributed by atoms with Crippen molar-refractivity contribution in [2.24, 2.45) is 4.99 Å². The lowest BCUT2D eigenvalue weighted by Crippen LogP contribution is -2.06. The van der Waals surface area contributed by atoms with Crippen molar-refractivity contribution in [1.29, 1.82) is 0 Å². The number of rotatable bonds is 8. The fourth-order valence-corrected chi connectivity index (χ4v) is 4.67. The van der Waals surface area contributed by atoms with Gasteiger partial charge in [-0.25, -0.2) is 9.79 Å². The molecule has 0 aliphatic carbocycles. The molecule has 0 aromatic heterocycles. The molecule has 0 atom stereocenters. The lowest BCUT2D eigenvalue weighted by Gasteiger charge is -2.15. The minimum absolute atomic E-state index is 0.0101. The van der Waals surface area contributed by atoms with Crippen LogP contribution in [0.1, 0.15) is 29.2 Å². The molecular weight excluding hydrogens is 643 g/mol. The van der Waals surface area contributed by atoms with Gasteiger partial charge in [0.05, 0.1) is 16.0 Å². The zero-order valence-corrected chi connectivity index (χ0v) is 23.0. The lowest BCUT2D eigenvalue weighted by molar-refractivity contribution is -0.385. The lowest BCUT2D eigenvalue weighted by atomic mass is 10.1. The topological polar surface area (TPSA) is 100 Å². The molecule has 8 nitrogen and oxygen atoms in total. The second kappa shape index (κ2) is 11.2. The third-order valence-corrected chi connectivity index (χ3v) is 6.44. The van der Waals surface area contributed by atoms with Crippen molar-refractivity contribution in [2.75, 3.05) is 6.61 Å². The van der Waals surface area contributed by atoms with E-state index in [0.717, 1.165) is 9.13 Å². The number of carbonyl (C=O) groups excluding carboxylic acids is 1. The highest BCUT2D eigenvalue weighted by atomic mass is 127. The predicted molar refractivity (Wildman–Crippen MR) is 147 cm³/mol. The fraction of sp³-hybridized carbons (Fsp3) is 0.154. The van der Waals surface area contributed by atoms with E-state index in [4.69, 9.17) is 14.2 Å². The van der Waals surface area contributed by atoms with Crippen molar-refractivity contribution < 1.29 is 23.9 Å². The van der Waals surface area contributed by atoms with E-state index in [9.17, 15) is 14.9 Å². The average molecular weight is 663 g/mol. The van der Waals surface area contributed by atoms with E-state index in [1.54, 1.807) is 37.3 Å². The molecule has 4 rings (SSSR count). The number of benzene rings is 3. The van der Waals surface area contributed by atoms with Gasteiger partial charge in [-0.05, 0) is 99.9 Å². The molecule has 0 N–H and O–H groups in total. The number of hydrogen-bond donors (Lipinski definition) is 0. The Morgan fingerprint density at radius 3 is 2.69 bits per heavy atom. The van der Waals surface area contributed by atoms with Crippen LogP contribution in [0.3, 0.4) is 0 Å². The first-order chi connectivity index (χ1) is 17.2. The molecule has 1 heterocycles. The van der Waals surface area contributed by atoms with Gasteiger partial charge in [0.1, 0.15) is 6.61 Å². The monoisotopic (exact) mass is 662 g/mol. The van der Waals surface area contributed by atoms with Gasteiger partial charge in [0.25, 0.3) is 5.69 Å². The molecule has 0 spiro atoms. The van der Waals surface area contributed by atoms with Crippen molar-refractivity contribution >= 4 is 62.2 Å². The van der Waals surface area contributed by atoms with Crippen LogP contribution in [0, 0.1) is 20.6 Å². The van der Waals surface area contributed by atoms with E-state index in [0.29, 0.717) is 45.9 Å². The zero-order chi connectivity index (χ0) is 25.8. The molecular formula is C26H20BrIN2O6. The van der Waals surface area contributed by atoms with Crippen molar-refractivity contribution in [3.8, 4) is 11.5 Å². The quantitative estimate of drug-likeness (QED) is 0.0887. The van der Waals surface area contributed by atoms with E-state index in [2.05, 4.69) is 43.5 Å². The first-order valence-electron chi connectivity index (χ1n) is 10.9.